The number of rotatable bonds is 6. The van der Waals surface area contributed by atoms with Gasteiger partial charge in [-0.15, -0.1) is 6.58 Å². The fourth-order valence-electron chi connectivity index (χ4n) is 3.80. The average molecular weight is 364 g/mol. The molecule has 1 fully saturated rings. The molecule has 0 N–H and O–H groups in total. The smallest absolute Gasteiger partial charge is 0.200 e. The number of ether oxygens (including phenoxy) is 3. The number of carbonyl (C=O) groups excluding carboxylic acids is 1. The lowest BCUT2D eigenvalue weighted by atomic mass is 9.71. The van der Waals surface area contributed by atoms with Crippen LogP contribution in [0.4, 0.5) is 8.78 Å². The van der Waals surface area contributed by atoms with Crippen LogP contribution in [-0.2, 0) is 20.7 Å². The van der Waals surface area contributed by atoms with Crippen molar-refractivity contribution in [3.63, 3.8) is 0 Å². The first-order valence-corrected chi connectivity index (χ1v) is 8.57. The van der Waals surface area contributed by atoms with Crippen LogP contribution in [-0.4, -0.2) is 25.3 Å². The third-order valence-corrected chi connectivity index (χ3v) is 5.29. The monoisotopic (exact) mass is 364 g/mol. The SMILES string of the molecule is C=CC[C@H]1C[C@]2([C@H](C)Cc3ccc(OC)c(F)c3F)OCOC2=CC1=O. The number of hydrogen-bond donors (Lipinski definition) is 0. The number of fused-ring (bicyclic) bond motifs is 1. The molecule has 140 valence electrons. The molecule has 1 aliphatic heterocycles. The number of methoxy groups -OCH3 is 1. The number of allylic oxidation sites excluding steroid dienone is 2. The van der Waals surface area contributed by atoms with Crippen LogP contribution in [0.5, 0.6) is 5.75 Å². The molecule has 0 bridgehead atoms. The molecule has 3 atom stereocenters. The maximum Gasteiger partial charge on any atom is 0.200 e. The van der Waals surface area contributed by atoms with E-state index in [4.69, 9.17) is 14.2 Å². The minimum Gasteiger partial charge on any atom is -0.494 e. The first-order valence-electron chi connectivity index (χ1n) is 8.57. The van der Waals surface area contributed by atoms with Crippen molar-refractivity contribution in [2.45, 2.75) is 31.8 Å². The van der Waals surface area contributed by atoms with Crippen LogP contribution in [0.3, 0.4) is 0 Å². The molecule has 26 heavy (non-hydrogen) atoms. The number of halogens is 2. The van der Waals surface area contributed by atoms with Gasteiger partial charge in [-0.05, 0) is 36.8 Å². The third kappa shape index (κ3) is 3.03. The van der Waals surface area contributed by atoms with E-state index in [1.165, 1.54) is 25.3 Å². The van der Waals surface area contributed by atoms with Gasteiger partial charge in [-0.1, -0.05) is 19.1 Å². The van der Waals surface area contributed by atoms with Crippen molar-refractivity contribution in [2.24, 2.45) is 11.8 Å². The van der Waals surface area contributed by atoms with E-state index in [1.54, 1.807) is 6.08 Å². The summed E-state index contributed by atoms with van der Waals surface area (Å²) in [5, 5.41) is 0. The maximum atomic E-state index is 14.4. The molecular formula is C20H22F2O4. The highest BCUT2D eigenvalue weighted by molar-refractivity contribution is 5.93. The van der Waals surface area contributed by atoms with Gasteiger partial charge in [-0.25, -0.2) is 4.39 Å². The Labute approximate surface area is 151 Å². The normalized spacial score (nSPS) is 25.9. The first-order chi connectivity index (χ1) is 12.4. The molecule has 0 spiro atoms. The lowest BCUT2D eigenvalue weighted by Crippen LogP contribution is -2.45. The second-order valence-corrected chi connectivity index (χ2v) is 6.79. The topological polar surface area (TPSA) is 44.8 Å². The Balaban J connectivity index is 1.90. The highest BCUT2D eigenvalue weighted by Gasteiger charge is 2.51. The van der Waals surface area contributed by atoms with Gasteiger partial charge in [0.05, 0.1) is 7.11 Å². The average Bonchev–Trinajstić information content (AvgIpc) is 3.03. The van der Waals surface area contributed by atoms with Crippen LogP contribution >= 0.6 is 0 Å². The third-order valence-electron chi connectivity index (χ3n) is 5.29. The minimum atomic E-state index is -1.00. The van der Waals surface area contributed by atoms with E-state index in [0.29, 0.717) is 18.6 Å². The second kappa shape index (κ2) is 7.19. The largest absolute Gasteiger partial charge is 0.494 e. The maximum absolute atomic E-state index is 14.4. The molecule has 0 unspecified atom stereocenters. The standard InChI is InChI=1S/C20H22F2O4/c1-4-5-14-10-20(17(9-15(14)23)25-11-26-20)12(2)8-13-6-7-16(24-3)19(22)18(13)21/h4,6-7,9,12,14H,1,5,8,10-11H2,2-3H3/t12-,14+,20-/m1/s1. The van der Waals surface area contributed by atoms with Crippen LogP contribution in [0.1, 0.15) is 25.3 Å². The highest BCUT2D eigenvalue weighted by atomic mass is 19.2. The molecule has 1 saturated heterocycles. The van der Waals surface area contributed by atoms with Crippen LogP contribution in [0.25, 0.3) is 0 Å². The zero-order chi connectivity index (χ0) is 18.9. The Morgan fingerprint density at radius 2 is 2.19 bits per heavy atom. The predicted octanol–water partition coefficient (Wildman–Crippen LogP) is 3.94. The Bertz CT molecular complexity index is 758. The van der Waals surface area contributed by atoms with Gasteiger partial charge < -0.3 is 14.2 Å². The van der Waals surface area contributed by atoms with Gasteiger partial charge in [0.15, 0.2) is 24.1 Å². The van der Waals surface area contributed by atoms with Crippen LogP contribution in [0.2, 0.25) is 0 Å². The molecule has 3 rings (SSSR count). The van der Waals surface area contributed by atoms with Gasteiger partial charge in [0.2, 0.25) is 5.82 Å². The van der Waals surface area contributed by atoms with E-state index in [-0.39, 0.29) is 42.1 Å². The Kier molecular flexibility index (Phi) is 5.14. The second-order valence-electron chi connectivity index (χ2n) is 6.79. The number of hydrogen-bond acceptors (Lipinski definition) is 4. The summed E-state index contributed by atoms with van der Waals surface area (Å²) in [4.78, 5) is 12.2. The van der Waals surface area contributed by atoms with Gasteiger partial charge in [-0.2, -0.15) is 4.39 Å². The van der Waals surface area contributed by atoms with Gasteiger partial charge in [0, 0.05) is 12.0 Å². The molecule has 0 saturated carbocycles. The molecule has 1 aromatic rings. The summed E-state index contributed by atoms with van der Waals surface area (Å²) in [6.07, 6.45) is 4.39. The van der Waals surface area contributed by atoms with Crippen LogP contribution < -0.4 is 4.74 Å². The molecule has 0 aromatic heterocycles. The van der Waals surface area contributed by atoms with Crippen molar-refractivity contribution < 1.29 is 27.8 Å². The van der Waals surface area contributed by atoms with Crippen LogP contribution in [0, 0.1) is 23.5 Å². The molecule has 6 heteroatoms. The van der Waals surface area contributed by atoms with Gasteiger partial charge in [-0.3, -0.25) is 4.79 Å². The summed E-state index contributed by atoms with van der Waals surface area (Å²) in [7, 11) is 1.29. The summed E-state index contributed by atoms with van der Waals surface area (Å²) in [6, 6.07) is 2.92. The zero-order valence-corrected chi connectivity index (χ0v) is 14.9. The first kappa shape index (κ1) is 18.6. The lowest BCUT2D eigenvalue weighted by Gasteiger charge is -2.38. The molecule has 1 aromatic carbocycles. The van der Waals surface area contributed by atoms with E-state index in [9.17, 15) is 13.6 Å². The molecule has 0 amide bonds. The van der Waals surface area contributed by atoms with Gasteiger partial charge >= 0.3 is 0 Å². The lowest BCUT2D eigenvalue weighted by molar-refractivity contribution is -0.123. The molecule has 0 radical (unpaired) electrons. The molecule has 4 nitrogen and oxygen atoms in total. The molecule has 1 heterocycles. The molecule has 2 aliphatic rings. The molecule has 1 aliphatic carbocycles. The minimum absolute atomic E-state index is 0.0186. The predicted molar refractivity (Wildman–Crippen MR) is 91.6 cm³/mol. The van der Waals surface area contributed by atoms with Crippen molar-refractivity contribution >= 4 is 5.78 Å². The summed E-state index contributed by atoms with van der Waals surface area (Å²) in [6.45, 7) is 5.64. The number of carbonyl (C=O) groups is 1. The van der Waals surface area contributed by atoms with Gasteiger partial charge in [0.1, 0.15) is 11.4 Å². The summed E-state index contributed by atoms with van der Waals surface area (Å²) in [5.41, 5.74) is -0.582. The summed E-state index contributed by atoms with van der Waals surface area (Å²) in [5.74, 6) is -2.08. The fraction of sp³-hybridized carbons (Fsp3) is 0.450. The zero-order valence-electron chi connectivity index (χ0n) is 14.9. The van der Waals surface area contributed by atoms with Gasteiger partial charge in [0.25, 0.3) is 0 Å². The van der Waals surface area contributed by atoms with Crippen molar-refractivity contribution in [2.75, 3.05) is 13.9 Å². The van der Waals surface area contributed by atoms with Crippen LogP contribution in [0.15, 0.2) is 36.6 Å². The van der Waals surface area contributed by atoms with E-state index in [1.807, 2.05) is 6.92 Å². The summed E-state index contributed by atoms with van der Waals surface area (Å²) >= 11 is 0. The summed E-state index contributed by atoms with van der Waals surface area (Å²) < 4.78 is 44.6. The fourth-order valence-corrected chi connectivity index (χ4v) is 3.80. The molecular weight excluding hydrogens is 342 g/mol. The van der Waals surface area contributed by atoms with Crippen molar-refractivity contribution in [1.29, 1.82) is 0 Å². The quantitative estimate of drug-likeness (QED) is 0.717. The Hall–Kier alpha value is -2.21. The Morgan fingerprint density at radius 1 is 1.42 bits per heavy atom. The van der Waals surface area contributed by atoms with Crippen molar-refractivity contribution in [3.05, 3.63) is 53.8 Å². The van der Waals surface area contributed by atoms with E-state index >= 15 is 0 Å². The van der Waals surface area contributed by atoms with E-state index in [0.717, 1.165) is 0 Å². The van der Waals surface area contributed by atoms with Crippen molar-refractivity contribution in [1.82, 2.24) is 0 Å². The van der Waals surface area contributed by atoms with E-state index in [2.05, 4.69) is 6.58 Å². The highest BCUT2D eigenvalue weighted by Crippen LogP contribution is 2.46. The van der Waals surface area contributed by atoms with Crippen molar-refractivity contribution in [3.8, 4) is 5.75 Å². The number of benzene rings is 1. The van der Waals surface area contributed by atoms with E-state index < -0.39 is 17.2 Å². The Morgan fingerprint density at radius 3 is 2.88 bits per heavy atom. The number of ketones is 1.